The summed E-state index contributed by atoms with van der Waals surface area (Å²) in [7, 11) is 3.77. The van der Waals surface area contributed by atoms with Crippen LogP contribution >= 0.6 is 0 Å². The Morgan fingerprint density at radius 3 is 2.91 bits per heavy atom. The first-order chi connectivity index (χ1) is 11.1. The second kappa shape index (κ2) is 6.24. The van der Waals surface area contributed by atoms with Gasteiger partial charge in [-0.05, 0) is 24.5 Å². The molecule has 2 heterocycles. The van der Waals surface area contributed by atoms with Crippen LogP contribution in [0, 0.1) is 0 Å². The van der Waals surface area contributed by atoms with Gasteiger partial charge in [0.2, 0.25) is 0 Å². The van der Waals surface area contributed by atoms with E-state index < -0.39 is 0 Å². The maximum absolute atomic E-state index is 12.7. The van der Waals surface area contributed by atoms with E-state index in [4.69, 9.17) is 0 Å². The van der Waals surface area contributed by atoms with Crippen LogP contribution < -0.4 is 10.2 Å². The summed E-state index contributed by atoms with van der Waals surface area (Å²) in [6.07, 6.45) is 3.98. The molecule has 1 aliphatic rings. The number of nitrogens with one attached hydrogen (secondary N) is 1. The van der Waals surface area contributed by atoms with Crippen molar-refractivity contribution < 1.29 is 4.79 Å². The Morgan fingerprint density at radius 2 is 2.13 bits per heavy atom. The van der Waals surface area contributed by atoms with Crippen LogP contribution in [0.4, 0.5) is 16.3 Å². The molecular weight excluding hydrogens is 290 g/mol. The molecule has 0 saturated carbocycles. The summed E-state index contributed by atoms with van der Waals surface area (Å²) in [5.74, 6) is 0.693. The third kappa shape index (κ3) is 2.97. The predicted octanol–water partition coefficient (Wildman–Crippen LogP) is 2.69. The van der Waals surface area contributed by atoms with Gasteiger partial charge in [-0.2, -0.15) is 0 Å². The molecule has 3 rings (SSSR count). The van der Waals surface area contributed by atoms with Gasteiger partial charge in [-0.3, -0.25) is 0 Å². The third-order valence-corrected chi connectivity index (χ3v) is 4.21. The molecule has 6 heteroatoms. The van der Waals surface area contributed by atoms with Gasteiger partial charge in [-0.1, -0.05) is 24.3 Å². The van der Waals surface area contributed by atoms with Crippen LogP contribution in [0.5, 0.6) is 0 Å². The van der Waals surface area contributed by atoms with Crippen molar-refractivity contribution in [3.63, 3.8) is 0 Å². The highest BCUT2D eigenvalue weighted by molar-refractivity contribution is 5.92. The van der Waals surface area contributed by atoms with Crippen LogP contribution in [0.1, 0.15) is 24.1 Å². The predicted molar refractivity (Wildman–Crippen MR) is 90.6 cm³/mol. The maximum atomic E-state index is 12.7. The molecule has 120 valence electrons. The number of fused-ring (bicyclic) bond motifs is 1. The zero-order valence-electron chi connectivity index (χ0n) is 13.7. The molecule has 2 aromatic rings. The Kier molecular flexibility index (Phi) is 4.14. The molecule has 2 amide bonds. The molecule has 1 aromatic carbocycles. The molecule has 0 aliphatic carbocycles. The minimum absolute atomic E-state index is 0.0485. The van der Waals surface area contributed by atoms with Crippen molar-refractivity contribution in [1.29, 1.82) is 0 Å². The number of amides is 2. The highest BCUT2D eigenvalue weighted by Crippen LogP contribution is 2.30. The van der Waals surface area contributed by atoms with Crippen LogP contribution in [0.25, 0.3) is 0 Å². The number of anilines is 2. The molecular formula is C17H21N5O. The summed E-state index contributed by atoms with van der Waals surface area (Å²) in [5, 5.41) is 2.94. The molecule has 23 heavy (non-hydrogen) atoms. The average Bonchev–Trinajstić information content (AvgIpc) is 2.55. The van der Waals surface area contributed by atoms with Gasteiger partial charge >= 0.3 is 6.03 Å². The van der Waals surface area contributed by atoms with Crippen LogP contribution in [-0.2, 0) is 6.42 Å². The van der Waals surface area contributed by atoms with E-state index in [1.807, 2.05) is 36.0 Å². The summed E-state index contributed by atoms with van der Waals surface area (Å²) in [4.78, 5) is 24.6. The zero-order chi connectivity index (χ0) is 16.4. The summed E-state index contributed by atoms with van der Waals surface area (Å²) < 4.78 is 0. The fourth-order valence-electron chi connectivity index (χ4n) is 3.00. The van der Waals surface area contributed by atoms with E-state index >= 15 is 0 Å². The number of carbonyl (C=O) groups excluding carboxylic acids is 1. The van der Waals surface area contributed by atoms with E-state index in [-0.39, 0.29) is 12.1 Å². The fourth-order valence-corrected chi connectivity index (χ4v) is 3.00. The van der Waals surface area contributed by atoms with Gasteiger partial charge in [-0.15, -0.1) is 0 Å². The van der Waals surface area contributed by atoms with Gasteiger partial charge in [0, 0.05) is 20.6 Å². The number of rotatable bonds is 2. The number of aromatic nitrogens is 2. The Bertz CT molecular complexity index is 716. The number of nitrogens with zero attached hydrogens (tertiary/aromatic N) is 4. The van der Waals surface area contributed by atoms with Gasteiger partial charge in [0.15, 0.2) is 5.82 Å². The number of urea groups is 1. The van der Waals surface area contributed by atoms with Gasteiger partial charge < -0.3 is 15.1 Å². The Labute approximate surface area is 136 Å². The molecule has 1 N–H and O–H groups in total. The van der Waals surface area contributed by atoms with Crippen LogP contribution in [-0.4, -0.2) is 41.5 Å². The molecule has 0 spiro atoms. The van der Waals surface area contributed by atoms with Crippen molar-refractivity contribution in [3.05, 3.63) is 47.9 Å². The van der Waals surface area contributed by atoms with Crippen LogP contribution in [0.15, 0.2) is 36.8 Å². The Hall–Kier alpha value is -2.63. The smallest absolute Gasteiger partial charge is 0.322 e. The lowest BCUT2D eigenvalue weighted by Gasteiger charge is -2.35. The minimum Gasteiger partial charge on any atom is -0.361 e. The lowest BCUT2D eigenvalue weighted by atomic mass is 9.94. The number of hydrogen-bond acceptors (Lipinski definition) is 4. The molecule has 1 unspecified atom stereocenters. The highest BCUT2D eigenvalue weighted by atomic mass is 16.2. The van der Waals surface area contributed by atoms with Gasteiger partial charge in [0.1, 0.15) is 12.0 Å². The van der Waals surface area contributed by atoms with Crippen molar-refractivity contribution >= 4 is 17.5 Å². The van der Waals surface area contributed by atoms with Crippen molar-refractivity contribution in [2.24, 2.45) is 0 Å². The van der Waals surface area contributed by atoms with Crippen molar-refractivity contribution in [2.45, 2.75) is 19.4 Å². The molecule has 1 atom stereocenters. The van der Waals surface area contributed by atoms with Crippen molar-refractivity contribution in [3.8, 4) is 0 Å². The second-order valence-electron chi connectivity index (χ2n) is 5.90. The van der Waals surface area contributed by atoms with Gasteiger partial charge in [0.05, 0.1) is 12.2 Å². The summed E-state index contributed by atoms with van der Waals surface area (Å²) in [5.41, 5.74) is 3.15. The van der Waals surface area contributed by atoms with Crippen molar-refractivity contribution in [2.75, 3.05) is 30.9 Å². The van der Waals surface area contributed by atoms with E-state index in [0.29, 0.717) is 18.1 Å². The fraction of sp³-hybridized carbons (Fsp3) is 0.353. The van der Waals surface area contributed by atoms with Crippen LogP contribution in [0.3, 0.4) is 0 Å². The number of benzene rings is 1. The highest BCUT2D eigenvalue weighted by Gasteiger charge is 2.27. The topological polar surface area (TPSA) is 61.4 Å². The molecule has 1 aromatic heterocycles. The van der Waals surface area contributed by atoms with E-state index in [9.17, 15) is 4.79 Å². The summed E-state index contributed by atoms with van der Waals surface area (Å²) >= 11 is 0. The molecule has 6 nitrogen and oxygen atoms in total. The van der Waals surface area contributed by atoms with E-state index in [1.165, 1.54) is 17.5 Å². The molecule has 1 aliphatic heterocycles. The first-order valence-corrected chi connectivity index (χ1v) is 7.70. The summed E-state index contributed by atoms with van der Waals surface area (Å²) in [6, 6.07) is 8.22. The van der Waals surface area contributed by atoms with E-state index in [1.54, 1.807) is 6.20 Å². The minimum atomic E-state index is -0.120. The monoisotopic (exact) mass is 311 g/mol. The van der Waals surface area contributed by atoms with Gasteiger partial charge in [-0.25, -0.2) is 14.8 Å². The molecule has 0 fully saturated rings. The van der Waals surface area contributed by atoms with E-state index in [0.717, 1.165) is 6.42 Å². The normalized spacial score (nSPS) is 16.7. The van der Waals surface area contributed by atoms with Gasteiger partial charge in [0.25, 0.3) is 0 Å². The lowest BCUT2D eigenvalue weighted by Crippen LogP contribution is -2.41. The first kappa shape index (κ1) is 15.3. The Morgan fingerprint density at radius 1 is 1.35 bits per heavy atom. The van der Waals surface area contributed by atoms with Crippen molar-refractivity contribution in [1.82, 2.24) is 14.9 Å². The quantitative estimate of drug-likeness (QED) is 0.926. The van der Waals surface area contributed by atoms with Crippen LogP contribution in [0.2, 0.25) is 0 Å². The lowest BCUT2D eigenvalue weighted by molar-refractivity contribution is 0.188. The SMILES string of the molecule is CC1c2ccccc2CCN1C(=O)Nc1cncnc1N(C)C. The zero-order valence-corrected chi connectivity index (χ0v) is 13.7. The molecule has 0 radical (unpaired) electrons. The first-order valence-electron chi connectivity index (χ1n) is 7.70. The number of carbonyl (C=O) groups is 1. The largest absolute Gasteiger partial charge is 0.361 e. The third-order valence-electron chi connectivity index (χ3n) is 4.21. The standard InChI is InChI=1S/C17H21N5O/c1-12-14-7-5-4-6-13(14)8-9-22(12)17(23)20-15-10-18-11-19-16(15)21(2)3/h4-7,10-12H,8-9H2,1-3H3,(H,20,23). The molecule has 0 bridgehead atoms. The maximum Gasteiger partial charge on any atom is 0.322 e. The summed E-state index contributed by atoms with van der Waals surface area (Å²) in [6.45, 7) is 2.76. The Balaban J connectivity index is 1.80. The average molecular weight is 311 g/mol. The molecule has 0 saturated heterocycles. The number of hydrogen-bond donors (Lipinski definition) is 1. The second-order valence-corrected chi connectivity index (χ2v) is 5.90. The van der Waals surface area contributed by atoms with E-state index in [2.05, 4.69) is 34.3 Å².